The van der Waals surface area contributed by atoms with Gasteiger partial charge in [-0.15, -0.1) is 0 Å². The van der Waals surface area contributed by atoms with E-state index in [-0.39, 0.29) is 12.8 Å². The minimum Gasteiger partial charge on any atom is -0.469 e. The van der Waals surface area contributed by atoms with E-state index in [1.807, 2.05) is 0 Å². The summed E-state index contributed by atoms with van der Waals surface area (Å²) in [4.78, 5) is 48.9. The van der Waals surface area contributed by atoms with Crippen LogP contribution in [-0.4, -0.2) is 55.2 Å². The molecule has 2 amide bonds. The Bertz CT molecular complexity index is 918. The van der Waals surface area contributed by atoms with Gasteiger partial charge in [-0.25, -0.2) is 4.79 Å². The monoisotopic (exact) mass is 442 g/mol. The van der Waals surface area contributed by atoms with E-state index in [0.717, 1.165) is 7.11 Å². The Morgan fingerprint density at radius 3 is 2.03 bits per heavy atom. The second-order valence-corrected chi connectivity index (χ2v) is 6.87. The van der Waals surface area contributed by atoms with Crippen molar-refractivity contribution in [2.24, 2.45) is 0 Å². The molecule has 3 N–H and O–H groups in total. The summed E-state index contributed by atoms with van der Waals surface area (Å²) < 4.78 is 9.22. The third kappa shape index (κ3) is 6.92. The highest BCUT2D eigenvalue weighted by Crippen LogP contribution is 2.19. The molecule has 3 atom stereocenters. The topological polar surface area (TPSA) is 131 Å². The number of aliphatic hydroxyl groups is 1. The largest absolute Gasteiger partial charge is 0.469 e. The minimum atomic E-state index is -1.73. The molecule has 9 heteroatoms. The summed E-state index contributed by atoms with van der Waals surface area (Å²) in [6.45, 7) is 0. The molecule has 2 aromatic carbocycles. The van der Waals surface area contributed by atoms with Crippen LogP contribution >= 0.6 is 0 Å². The molecule has 9 nitrogen and oxygen atoms in total. The predicted octanol–water partition coefficient (Wildman–Crippen LogP) is 1.13. The van der Waals surface area contributed by atoms with Gasteiger partial charge < -0.3 is 25.2 Å². The van der Waals surface area contributed by atoms with Gasteiger partial charge in [0.1, 0.15) is 6.04 Å². The number of aliphatic hydroxyl groups excluding tert-OH is 1. The summed E-state index contributed by atoms with van der Waals surface area (Å²) in [5.74, 6) is -2.74. The number of esters is 2. The van der Waals surface area contributed by atoms with Gasteiger partial charge in [-0.1, -0.05) is 48.5 Å². The number of amides is 2. The standard InChI is InChI=1S/C23H26N2O7/c1-31-18(26)14-13-17(23(30)32-2)24-22(29)20(27)19(15-9-5-3-6-10-15)25-21(28)16-11-7-4-8-12-16/h3-12,17,19-20,27H,13-14H2,1-2H3,(H,24,29)(H,25,28)/t17-,19-,20+/m0/s1. The summed E-state index contributed by atoms with van der Waals surface area (Å²) in [6.07, 6.45) is -1.95. The second-order valence-electron chi connectivity index (χ2n) is 6.87. The number of benzene rings is 2. The fourth-order valence-corrected chi connectivity index (χ4v) is 2.98. The maximum atomic E-state index is 12.8. The maximum Gasteiger partial charge on any atom is 0.328 e. The average Bonchev–Trinajstić information content (AvgIpc) is 2.84. The van der Waals surface area contributed by atoms with Gasteiger partial charge in [0.05, 0.1) is 20.3 Å². The molecule has 0 heterocycles. The fourth-order valence-electron chi connectivity index (χ4n) is 2.98. The summed E-state index contributed by atoms with van der Waals surface area (Å²) >= 11 is 0. The highest BCUT2D eigenvalue weighted by molar-refractivity contribution is 5.95. The lowest BCUT2D eigenvalue weighted by Crippen LogP contribution is -2.50. The number of nitrogens with one attached hydrogen (secondary N) is 2. The van der Waals surface area contributed by atoms with E-state index in [2.05, 4.69) is 20.1 Å². The molecule has 0 spiro atoms. The second kappa shape index (κ2) is 12.2. The van der Waals surface area contributed by atoms with Crippen LogP contribution in [0.3, 0.4) is 0 Å². The fraction of sp³-hybridized carbons (Fsp3) is 0.304. The van der Waals surface area contributed by atoms with Gasteiger partial charge >= 0.3 is 11.9 Å². The van der Waals surface area contributed by atoms with Gasteiger partial charge in [-0.3, -0.25) is 14.4 Å². The Balaban J connectivity index is 2.20. The van der Waals surface area contributed by atoms with E-state index < -0.39 is 41.9 Å². The van der Waals surface area contributed by atoms with Gasteiger partial charge in [-0.2, -0.15) is 0 Å². The quantitative estimate of drug-likeness (QED) is 0.470. The van der Waals surface area contributed by atoms with Crippen LogP contribution in [0.2, 0.25) is 0 Å². The van der Waals surface area contributed by atoms with Crippen molar-refractivity contribution in [2.75, 3.05) is 14.2 Å². The Morgan fingerprint density at radius 2 is 1.47 bits per heavy atom. The highest BCUT2D eigenvalue weighted by Gasteiger charge is 2.32. The number of hydrogen-bond acceptors (Lipinski definition) is 7. The zero-order chi connectivity index (χ0) is 23.5. The lowest BCUT2D eigenvalue weighted by molar-refractivity contribution is -0.147. The maximum absolute atomic E-state index is 12.8. The van der Waals surface area contributed by atoms with Crippen molar-refractivity contribution in [2.45, 2.75) is 31.0 Å². The van der Waals surface area contributed by atoms with Gasteiger partial charge in [0.15, 0.2) is 6.10 Å². The van der Waals surface area contributed by atoms with E-state index in [1.54, 1.807) is 60.7 Å². The predicted molar refractivity (Wildman–Crippen MR) is 114 cm³/mol. The van der Waals surface area contributed by atoms with Crippen LogP contribution in [0, 0.1) is 0 Å². The van der Waals surface area contributed by atoms with Crippen molar-refractivity contribution in [3.05, 3.63) is 71.8 Å². The summed E-state index contributed by atoms with van der Waals surface area (Å²) in [5.41, 5.74) is 0.843. The molecule has 170 valence electrons. The third-order valence-electron chi connectivity index (χ3n) is 4.73. The molecule has 0 aliphatic rings. The summed E-state index contributed by atoms with van der Waals surface area (Å²) in [5, 5.41) is 15.8. The Kier molecular flexibility index (Phi) is 9.37. The van der Waals surface area contributed by atoms with Crippen LogP contribution in [0.15, 0.2) is 60.7 Å². The van der Waals surface area contributed by atoms with Crippen LogP contribution < -0.4 is 10.6 Å². The van der Waals surface area contributed by atoms with Crippen LogP contribution in [0.5, 0.6) is 0 Å². The lowest BCUT2D eigenvalue weighted by Gasteiger charge is -2.26. The smallest absolute Gasteiger partial charge is 0.328 e. The average molecular weight is 442 g/mol. The van der Waals surface area contributed by atoms with Crippen molar-refractivity contribution >= 4 is 23.8 Å². The Morgan fingerprint density at radius 1 is 0.875 bits per heavy atom. The Labute approximate surface area is 185 Å². The zero-order valence-corrected chi connectivity index (χ0v) is 17.8. The molecule has 0 bridgehead atoms. The van der Waals surface area contributed by atoms with Crippen LogP contribution in [-0.2, 0) is 23.9 Å². The van der Waals surface area contributed by atoms with Gasteiger partial charge in [-0.05, 0) is 24.1 Å². The van der Waals surface area contributed by atoms with Gasteiger partial charge in [0.2, 0.25) is 0 Å². The molecule has 0 aliphatic carbocycles. The highest BCUT2D eigenvalue weighted by atomic mass is 16.5. The molecule has 0 saturated carbocycles. The number of carbonyl (C=O) groups excluding carboxylic acids is 4. The summed E-state index contributed by atoms with van der Waals surface area (Å²) in [7, 11) is 2.35. The molecule has 32 heavy (non-hydrogen) atoms. The molecule has 0 unspecified atom stereocenters. The molecule has 0 radical (unpaired) electrons. The molecule has 0 aromatic heterocycles. The normalized spacial score (nSPS) is 13.2. The molecule has 0 saturated heterocycles. The SMILES string of the molecule is COC(=O)CC[C@H](NC(=O)[C@H](O)[C@@H](NC(=O)c1ccccc1)c1ccccc1)C(=O)OC. The van der Waals surface area contributed by atoms with Gasteiger partial charge in [0.25, 0.3) is 11.8 Å². The van der Waals surface area contributed by atoms with Crippen molar-refractivity contribution in [3.63, 3.8) is 0 Å². The first-order chi connectivity index (χ1) is 15.4. The van der Waals surface area contributed by atoms with Crippen LogP contribution in [0.25, 0.3) is 0 Å². The first-order valence-corrected chi connectivity index (χ1v) is 9.91. The first-order valence-electron chi connectivity index (χ1n) is 9.91. The summed E-state index contributed by atoms with van der Waals surface area (Å²) in [6, 6.07) is 14.5. The molecular weight excluding hydrogens is 416 g/mol. The van der Waals surface area contributed by atoms with Gasteiger partial charge in [0, 0.05) is 12.0 Å². The molecule has 0 aliphatic heterocycles. The minimum absolute atomic E-state index is 0.0792. The molecule has 2 rings (SSSR count). The number of hydrogen-bond donors (Lipinski definition) is 3. The van der Waals surface area contributed by atoms with Crippen LogP contribution in [0.4, 0.5) is 0 Å². The van der Waals surface area contributed by atoms with Crippen LogP contribution in [0.1, 0.15) is 34.8 Å². The van der Waals surface area contributed by atoms with E-state index in [9.17, 15) is 24.3 Å². The van der Waals surface area contributed by atoms with Crippen molar-refractivity contribution in [1.29, 1.82) is 0 Å². The van der Waals surface area contributed by atoms with E-state index in [4.69, 9.17) is 0 Å². The molecular formula is C23H26N2O7. The van der Waals surface area contributed by atoms with Crippen molar-refractivity contribution in [1.82, 2.24) is 10.6 Å². The molecule has 0 fully saturated rings. The number of rotatable bonds is 10. The van der Waals surface area contributed by atoms with E-state index in [1.165, 1.54) is 7.11 Å². The number of methoxy groups -OCH3 is 2. The zero-order valence-electron chi connectivity index (χ0n) is 17.8. The first kappa shape index (κ1) is 24.5. The lowest BCUT2D eigenvalue weighted by atomic mass is 9.99. The number of ether oxygens (including phenoxy) is 2. The van der Waals surface area contributed by atoms with Crippen molar-refractivity contribution < 1.29 is 33.8 Å². The van der Waals surface area contributed by atoms with E-state index in [0.29, 0.717) is 11.1 Å². The third-order valence-corrected chi connectivity index (χ3v) is 4.73. The Hall–Kier alpha value is -3.72. The van der Waals surface area contributed by atoms with Crippen molar-refractivity contribution in [3.8, 4) is 0 Å². The molecule has 2 aromatic rings. The number of carbonyl (C=O) groups is 4. The van der Waals surface area contributed by atoms with E-state index >= 15 is 0 Å².